The fourth-order valence-corrected chi connectivity index (χ4v) is 0.431. The van der Waals surface area contributed by atoms with E-state index in [1.165, 1.54) is 13.3 Å². The van der Waals surface area contributed by atoms with Gasteiger partial charge in [0.25, 0.3) is 0 Å². The number of nitrogens with zero attached hydrogens (tertiary/aromatic N) is 1. The van der Waals surface area contributed by atoms with E-state index in [1.807, 2.05) is 0 Å². The molecule has 9 heavy (non-hydrogen) atoms. The highest BCUT2D eigenvalue weighted by molar-refractivity contribution is 7.32. The van der Waals surface area contributed by atoms with Crippen molar-refractivity contribution >= 4 is 14.5 Å². The predicted octanol–water partition coefficient (Wildman–Crippen LogP) is 0.0172. The minimum atomic E-state index is -2.81. The summed E-state index contributed by atoms with van der Waals surface area (Å²) in [5.74, 6) is 0. The first kappa shape index (κ1) is 8.62. The quantitative estimate of drug-likeness (QED) is 0.351. The van der Waals surface area contributed by atoms with Crippen LogP contribution in [0.3, 0.4) is 0 Å². The number of rotatable bonds is 4. The molecule has 0 aliphatic heterocycles. The maximum absolute atomic E-state index is 9.82. The molecule has 0 fully saturated rings. The summed E-state index contributed by atoms with van der Waals surface area (Å²) in [6, 6.07) is 0. The van der Waals surface area contributed by atoms with Gasteiger partial charge >= 0.3 is 8.25 Å². The topological polar surface area (TPSA) is 68.1 Å². The normalized spacial score (nSPS) is 14.0. The van der Waals surface area contributed by atoms with Gasteiger partial charge in [-0.1, -0.05) is 5.16 Å². The van der Waals surface area contributed by atoms with E-state index in [2.05, 4.69) is 14.5 Å². The Bertz CT molecular complexity index is 114. The van der Waals surface area contributed by atoms with Crippen LogP contribution >= 0.6 is 8.25 Å². The monoisotopic (exact) mass is 153 g/mol. The fourth-order valence-electron chi connectivity index (χ4n) is 0.214. The standard InChI is InChI=1S/C3H8NO4P/c1-7-4-2-3-8-9(5)6/h2,9H,3H2,1H3,(H,5,6). The smallest absolute Gasteiger partial charge is 0.316 e. The second kappa shape index (κ2) is 5.75. The Hall–Kier alpha value is -0.380. The molecule has 1 atom stereocenters. The molecule has 0 heterocycles. The lowest BCUT2D eigenvalue weighted by Crippen LogP contribution is -1.86. The minimum Gasteiger partial charge on any atom is -0.399 e. The van der Waals surface area contributed by atoms with Crippen molar-refractivity contribution in [2.45, 2.75) is 0 Å². The van der Waals surface area contributed by atoms with E-state index >= 15 is 0 Å². The van der Waals surface area contributed by atoms with Gasteiger partial charge in [0.05, 0.1) is 12.8 Å². The summed E-state index contributed by atoms with van der Waals surface area (Å²) in [4.78, 5) is 12.3. The van der Waals surface area contributed by atoms with E-state index in [4.69, 9.17) is 4.89 Å². The largest absolute Gasteiger partial charge is 0.399 e. The highest BCUT2D eigenvalue weighted by atomic mass is 31.1. The first-order chi connectivity index (χ1) is 4.27. The predicted molar refractivity (Wildman–Crippen MR) is 32.7 cm³/mol. The van der Waals surface area contributed by atoms with Gasteiger partial charge in [-0.25, -0.2) is 0 Å². The Morgan fingerprint density at radius 1 is 1.89 bits per heavy atom. The van der Waals surface area contributed by atoms with E-state index in [0.29, 0.717) is 0 Å². The second-order valence-corrected chi connectivity index (χ2v) is 1.87. The molecule has 0 aromatic rings. The molecule has 0 aliphatic carbocycles. The van der Waals surface area contributed by atoms with Crippen LogP contribution in [0, 0.1) is 0 Å². The third-order valence-electron chi connectivity index (χ3n) is 0.461. The summed E-state index contributed by atoms with van der Waals surface area (Å²) >= 11 is 0. The van der Waals surface area contributed by atoms with Crippen molar-refractivity contribution in [1.82, 2.24) is 0 Å². The van der Waals surface area contributed by atoms with E-state index in [9.17, 15) is 4.57 Å². The number of hydrogen-bond acceptors (Lipinski definition) is 4. The van der Waals surface area contributed by atoms with Gasteiger partial charge in [0.2, 0.25) is 0 Å². The van der Waals surface area contributed by atoms with Gasteiger partial charge in [-0.3, -0.25) is 4.57 Å². The van der Waals surface area contributed by atoms with Crippen molar-refractivity contribution in [3.05, 3.63) is 0 Å². The highest BCUT2D eigenvalue weighted by Crippen LogP contribution is 2.12. The molecule has 0 spiro atoms. The van der Waals surface area contributed by atoms with Gasteiger partial charge in [-0.15, -0.1) is 0 Å². The van der Waals surface area contributed by atoms with Crippen LogP contribution in [0.15, 0.2) is 5.16 Å². The number of oxime groups is 1. The summed E-state index contributed by atoms with van der Waals surface area (Å²) in [7, 11) is -1.44. The summed E-state index contributed by atoms with van der Waals surface area (Å²) in [6.45, 7) is 0.00212. The van der Waals surface area contributed by atoms with Crippen molar-refractivity contribution < 1.29 is 18.8 Å². The first-order valence-corrected chi connectivity index (χ1v) is 3.44. The minimum absolute atomic E-state index is 0.00212. The van der Waals surface area contributed by atoms with Gasteiger partial charge in [-0.2, -0.15) is 0 Å². The van der Waals surface area contributed by atoms with Crippen molar-refractivity contribution in [1.29, 1.82) is 0 Å². The SMILES string of the molecule is CON=CCO[PH](=O)O. The van der Waals surface area contributed by atoms with E-state index < -0.39 is 8.25 Å². The number of hydrogen-bond donors (Lipinski definition) is 1. The van der Waals surface area contributed by atoms with Gasteiger partial charge in [0, 0.05) is 0 Å². The molecule has 1 N–H and O–H groups in total. The molecule has 0 bridgehead atoms. The van der Waals surface area contributed by atoms with Crippen LogP contribution in [0.2, 0.25) is 0 Å². The molecule has 0 radical (unpaired) electrons. The molecule has 54 valence electrons. The molecule has 0 rings (SSSR count). The van der Waals surface area contributed by atoms with E-state index in [-0.39, 0.29) is 6.61 Å². The van der Waals surface area contributed by atoms with Crippen molar-refractivity contribution in [2.24, 2.45) is 5.16 Å². The Kier molecular flexibility index (Phi) is 5.51. The highest BCUT2D eigenvalue weighted by Gasteiger charge is 1.85. The first-order valence-electron chi connectivity index (χ1n) is 2.18. The molecule has 0 saturated heterocycles. The summed E-state index contributed by atoms with van der Waals surface area (Å²) in [5.41, 5.74) is 0. The molecule has 6 heteroatoms. The van der Waals surface area contributed by atoms with Crippen LogP contribution in [-0.4, -0.2) is 24.8 Å². The van der Waals surface area contributed by atoms with Gasteiger partial charge < -0.3 is 14.3 Å². The second-order valence-electron chi connectivity index (χ2n) is 1.05. The van der Waals surface area contributed by atoms with Gasteiger partial charge in [0.15, 0.2) is 0 Å². The molecular weight excluding hydrogens is 145 g/mol. The van der Waals surface area contributed by atoms with Crippen LogP contribution in [0.4, 0.5) is 0 Å². The van der Waals surface area contributed by atoms with Crippen LogP contribution in [0.25, 0.3) is 0 Å². The lowest BCUT2D eigenvalue weighted by Gasteiger charge is -1.90. The molecule has 0 aromatic heterocycles. The van der Waals surface area contributed by atoms with Crippen molar-refractivity contribution in [2.75, 3.05) is 13.7 Å². The Labute approximate surface area is 53.2 Å². The molecule has 0 aliphatic rings. The third kappa shape index (κ3) is 7.62. The van der Waals surface area contributed by atoms with Crippen LogP contribution in [0.5, 0.6) is 0 Å². The van der Waals surface area contributed by atoms with Crippen molar-refractivity contribution in [3.8, 4) is 0 Å². The lowest BCUT2D eigenvalue weighted by molar-refractivity contribution is 0.212. The fraction of sp³-hybridized carbons (Fsp3) is 0.667. The Balaban J connectivity index is 3.09. The zero-order valence-corrected chi connectivity index (χ0v) is 5.90. The molecule has 0 amide bonds. The zero-order chi connectivity index (χ0) is 7.11. The van der Waals surface area contributed by atoms with Crippen LogP contribution in [-0.2, 0) is 13.9 Å². The molecule has 0 aromatic carbocycles. The zero-order valence-electron chi connectivity index (χ0n) is 4.90. The van der Waals surface area contributed by atoms with Gasteiger partial charge in [0.1, 0.15) is 7.11 Å². The van der Waals surface area contributed by atoms with Crippen LogP contribution in [0.1, 0.15) is 0 Å². The molecule has 0 saturated carbocycles. The van der Waals surface area contributed by atoms with Gasteiger partial charge in [-0.05, 0) is 0 Å². The molecular formula is C3H8NO4P. The lowest BCUT2D eigenvalue weighted by atomic mass is 10.8. The Morgan fingerprint density at radius 3 is 3.00 bits per heavy atom. The summed E-state index contributed by atoms with van der Waals surface area (Å²) < 4.78 is 14.0. The average Bonchev–Trinajstić information content (AvgIpc) is 1.80. The summed E-state index contributed by atoms with van der Waals surface area (Å²) in [6.07, 6.45) is 1.25. The van der Waals surface area contributed by atoms with E-state index in [0.717, 1.165) is 0 Å². The third-order valence-corrected chi connectivity index (χ3v) is 0.875. The van der Waals surface area contributed by atoms with E-state index in [1.54, 1.807) is 0 Å². The Morgan fingerprint density at radius 2 is 2.56 bits per heavy atom. The van der Waals surface area contributed by atoms with Crippen molar-refractivity contribution in [3.63, 3.8) is 0 Å². The maximum Gasteiger partial charge on any atom is 0.316 e. The molecule has 1 unspecified atom stereocenters. The summed E-state index contributed by atoms with van der Waals surface area (Å²) in [5, 5.41) is 3.26. The molecule has 5 nitrogen and oxygen atoms in total. The maximum atomic E-state index is 9.82. The van der Waals surface area contributed by atoms with Crippen LogP contribution < -0.4 is 0 Å². The average molecular weight is 153 g/mol.